The van der Waals surface area contributed by atoms with Crippen molar-refractivity contribution >= 4 is 17.5 Å². The quantitative estimate of drug-likeness (QED) is 0.387. The molecule has 7 heteroatoms. The number of aliphatic hydroxyl groups excluding tert-OH is 1. The fourth-order valence-electron chi connectivity index (χ4n) is 4.88. The van der Waals surface area contributed by atoms with Crippen LogP contribution >= 0.6 is 0 Å². The van der Waals surface area contributed by atoms with Crippen LogP contribution < -0.4 is 0 Å². The summed E-state index contributed by atoms with van der Waals surface area (Å²) in [5.74, 6) is -0.874. The van der Waals surface area contributed by atoms with Crippen molar-refractivity contribution in [3.63, 3.8) is 0 Å². The molecule has 0 saturated carbocycles. The van der Waals surface area contributed by atoms with Crippen LogP contribution in [-0.2, 0) is 23.8 Å². The molecule has 1 aliphatic carbocycles. The molecule has 3 unspecified atom stereocenters. The molecule has 0 amide bonds. The van der Waals surface area contributed by atoms with Gasteiger partial charge in [0.25, 0.3) is 0 Å². The lowest BCUT2D eigenvalue weighted by Gasteiger charge is -2.39. The Bertz CT molecular complexity index is 980. The van der Waals surface area contributed by atoms with Crippen molar-refractivity contribution in [2.75, 3.05) is 13.2 Å². The summed E-state index contributed by atoms with van der Waals surface area (Å²) in [6, 6.07) is 5.12. The van der Waals surface area contributed by atoms with E-state index < -0.39 is 18.2 Å². The number of hydrogen-bond donors (Lipinski definition) is 1. The van der Waals surface area contributed by atoms with Crippen molar-refractivity contribution < 1.29 is 33.3 Å². The van der Waals surface area contributed by atoms with Crippen LogP contribution in [0.3, 0.4) is 0 Å². The van der Waals surface area contributed by atoms with Crippen molar-refractivity contribution in [1.29, 1.82) is 0 Å². The third kappa shape index (κ3) is 7.48. The Balaban J connectivity index is 1.84. The van der Waals surface area contributed by atoms with Gasteiger partial charge >= 0.3 is 11.9 Å². The Kier molecular flexibility index (Phi) is 9.25. The van der Waals surface area contributed by atoms with Gasteiger partial charge in [0.2, 0.25) is 0 Å². The summed E-state index contributed by atoms with van der Waals surface area (Å²) >= 11 is 0. The second kappa shape index (κ2) is 12.0. The fraction of sp³-hybridized carbons (Fsp3) is 0.571. The molecule has 192 valence electrons. The molecule has 1 aliphatic heterocycles. The van der Waals surface area contributed by atoms with Gasteiger partial charge in [-0.3, -0.25) is 9.59 Å². The molecular weight excluding hydrogens is 451 g/mol. The minimum absolute atomic E-state index is 0.0216. The zero-order chi connectivity index (χ0) is 25.6. The highest BCUT2D eigenvalue weighted by Crippen LogP contribution is 2.46. The van der Waals surface area contributed by atoms with Crippen LogP contribution in [0.2, 0.25) is 0 Å². The molecule has 6 nitrogen and oxygen atoms in total. The highest BCUT2D eigenvalue weighted by atomic mass is 19.1. The summed E-state index contributed by atoms with van der Waals surface area (Å²) in [5.41, 5.74) is 3.36. The van der Waals surface area contributed by atoms with E-state index in [1.807, 2.05) is 18.2 Å². The number of allylic oxidation sites excluding steroid dienone is 2. The maximum atomic E-state index is 14.0. The third-order valence-electron chi connectivity index (χ3n) is 6.58. The monoisotopic (exact) mass is 488 g/mol. The molecule has 1 aromatic carbocycles. The molecule has 3 rings (SSSR count). The minimum atomic E-state index is -0.703. The zero-order valence-corrected chi connectivity index (χ0v) is 21.1. The highest BCUT2D eigenvalue weighted by Gasteiger charge is 2.35. The Morgan fingerprint density at radius 3 is 2.77 bits per heavy atom. The van der Waals surface area contributed by atoms with Crippen molar-refractivity contribution in [1.82, 2.24) is 0 Å². The molecule has 0 aromatic heterocycles. The summed E-state index contributed by atoms with van der Waals surface area (Å²) in [6.45, 7) is 8.64. The number of benzene rings is 1. The predicted octanol–water partition coefficient (Wildman–Crippen LogP) is 5.06. The molecule has 2 aliphatic rings. The number of ether oxygens (including phenoxy) is 3. The van der Waals surface area contributed by atoms with Gasteiger partial charge in [0.05, 0.1) is 25.2 Å². The molecule has 1 saturated heterocycles. The van der Waals surface area contributed by atoms with Crippen molar-refractivity contribution in [2.24, 2.45) is 5.41 Å². The second-order valence-electron chi connectivity index (χ2n) is 10.0. The van der Waals surface area contributed by atoms with Gasteiger partial charge in [-0.05, 0) is 79.0 Å². The smallest absolute Gasteiger partial charge is 0.309 e. The van der Waals surface area contributed by atoms with Gasteiger partial charge in [-0.15, -0.1) is 0 Å². The van der Waals surface area contributed by atoms with E-state index in [2.05, 4.69) is 13.8 Å². The van der Waals surface area contributed by atoms with Crippen LogP contribution in [0.25, 0.3) is 5.57 Å². The Morgan fingerprint density at radius 1 is 1.31 bits per heavy atom. The molecular formula is C28H37FO6. The van der Waals surface area contributed by atoms with Crippen LogP contribution in [0.15, 0.2) is 35.9 Å². The predicted molar refractivity (Wildman–Crippen MR) is 131 cm³/mol. The number of carbonyl (C=O) groups is 2. The summed E-state index contributed by atoms with van der Waals surface area (Å²) in [6.07, 6.45) is 5.29. The van der Waals surface area contributed by atoms with Crippen LogP contribution in [-0.4, -0.2) is 48.6 Å². The molecule has 1 fully saturated rings. The average Bonchev–Trinajstić information content (AvgIpc) is 2.76. The number of aryl methyl sites for hydroxylation is 1. The lowest BCUT2D eigenvalue weighted by atomic mass is 9.69. The summed E-state index contributed by atoms with van der Waals surface area (Å²) < 4.78 is 30.6. The summed E-state index contributed by atoms with van der Waals surface area (Å²) in [4.78, 5) is 23.4. The van der Waals surface area contributed by atoms with Crippen molar-refractivity contribution in [3.8, 4) is 0 Å². The Morgan fingerprint density at radius 2 is 2.09 bits per heavy atom. The first-order valence-corrected chi connectivity index (χ1v) is 12.4. The van der Waals surface area contributed by atoms with E-state index in [0.717, 1.165) is 23.1 Å². The van der Waals surface area contributed by atoms with E-state index in [9.17, 15) is 19.1 Å². The van der Waals surface area contributed by atoms with Crippen LogP contribution in [0, 0.1) is 18.2 Å². The summed E-state index contributed by atoms with van der Waals surface area (Å²) in [5, 5.41) is 9.95. The maximum absolute atomic E-state index is 14.0. The number of esters is 2. The molecule has 3 atom stereocenters. The normalized spacial score (nSPS) is 24.5. The van der Waals surface area contributed by atoms with Gasteiger partial charge in [0.1, 0.15) is 11.9 Å². The van der Waals surface area contributed by atoms with Gasteiger partial charge < -0.3 is 19.3 Å². The SMILES string of the molecule is CCOC(=O)CCCOC1CC(c2ccc(F)c(C)c2)=C(C=CC2CC(O)CC(=O)O2)C(C)(C)C1. The zero-order valence-electron chi connectivity index (χ0n) is 21.1. The molecule has 1 aromatic rings. The number of hydrogen-bond acceptors (Lipinski definition) is 6. The summed E-state index contributed by atoms with van der Waals surface area (Å²) in [7, 11) is 0. The van der Waals surface area contributed by atoms with E-state index in [0.29, 0.717) is 44.5 Å². The second-order valence-corrected chi connectivity index (χ2v) is 10.0. The van der Waals surface area contributed by atoms with Crippen LogP contribution in [0.5, 0.6) is 0 Å². The van der Waals surface area contributed by atoms with Gasteiger partial charge in [-0.1, -0.05) is 26.0 Å². The first-order valence-electron chi connectivity index (χ1n) is 12.4. The average molecular weight is 489 g/mol. The minimum Gasteiger partial charge on any atom is -0.466 e. The van der Waals surface area contributed by atoms with Gasteiger partial charge in [-0.2, -0.15) is 0 Å². The molecule has 0 spiro atoms. The molecule has 1 heterocycles. The number of cyclic esters (lactones) is 1. The molecule has 35 heavy (non-hydrogen) atoms. The van der Waals surface area contributed by atoms with E-state index in [1.165, 1.54) is 6.07 Å². The lowest BCUT2D eigenvalue weighted by molar-refractivity contribution is -0.156. The standard InChI is InChI=1S/C28H37FO6/c1-5-33-26(31)7-6-12-34-22-16-23(19-8-11-25(29)18(2)13-19)24(28(3,4)17-22)10-9-21-14-20(30)15-27(32)35-21/h8-11,13,20-22,30H,5-7,12,14-17H2,1-4H3. The van der Waals surface area contributed by atoms with Gasteiger partial charge in [-0.25, -0.2) is 4.39 Å². The molecule has 1 N–H and O–H groups in total. The number of halogens is 1. The van der Waals surface area contributed by atoms with Crippen LogP contribution in [0.1, 0.15) is 70.4 Å². The lowest BCUT2D eigenvalue weighted by Crippen LogP contribution is -2.32. The molecule has 0 bridgehead atoms. The maximum Gasteiger partial charge on any atom is 0.309 e. The first kappa shape index (κ1) is 27.1. The van der Waals surface area contributed by atoms with Crippen molar-refractivity contribution in [2.45, 2.75) is 84.5 Å². The largest absolute Gasteiger partial charge is 0.466 e. The van der Waals surface area contributed by atoms with E-state index in [4.69, 9.17) is 14.2 Å². The molecule has 0 radical (unpaired) electrons. The number of carbonyl (C=O) groups excluding carboxylic acids is 2. The van der Waals surface area contributed by atoms with Gasteiger partial charge in [0.15, 0.2) is 0 Å². The van der Waals surface area contributed by atoms with Crippen molar-refractivity contribution in [3.05, 3.63) is 52.9 Å². The van der Waals surface area contributed by atoms with E-state index >= 15 is 0 Å². The van der Waals surface area contributed by atoms with Gasteiger partial charge in [0, 0.05) is 19.4 Å². The van der Waals surface area contributed by atoms with Crippen LogP contribution in [0.4, 0.5) is 4.39 Å². The topological polar surface area (TPSA) is 82.1 Å². The number of aliphatic hydroxyl groups is 1. The Labute approximate surface area is 207 Å². The van der Waals surface area contributed by atoms with E-state index in [1.54, 1.807) is 19.9 Å². The fourth-order valence-corrected chi connectivity index (χ4v) is 4.88. The number of rotatable bonds is 9. The van der Waals surface area contributed by atoms with E-state index in [-0.39, 0.29) is 29.7 Å². The highest BCUT2D eigenvalue weighted by molar-refractivity contribution is 5.74. The Hall–Kier alpha value is -2.51. The first-order chi connectivity index (χ1) is 16.6. The third-order valence-corrected chi connectivity index (χ3v) is 6.58.